The normalized spacial score (nSPS) is 15.8. The van der Waals surface area contributed by atoms with Crippen LogP contribution in [0.2, 0.25) is 0 Å². The second kappa shape index (κ2) is 6.20. The first kappa shape index (κ1) is 14.6. The molecule has 2 heterocycles. The molecule has 0 amide bonds. The maximum Gasteiger partial charge on any atom is 0.163 e. The maximum absolute atomic E-state index is 10.8. The topological polar surface area (TPSA) is 47.3 Å². The summed E-state index contributed by atoms with van der Waals surface area (Å²) in [5.74, 6) is 0.669. The van der Waals surface area contributed by atoms with Gasteiger partial charge >= 0.3 is 0 Å². The summed E-state index contributed by atoms with van der Waals surface area (Å²) >= 11 is 1.74. The van der Waals surface area contributed by atoms with Gasteiger partial charge in [0.05, 0.1) is 13.3 Å². The van der Waals surface area contributed by atoms with Crippen molar-refractivity contribution in [2.24, 2.45) is 0 Å². The number of rotatable bonds is 5. The number of aliphatic hydroxyl groups excluding tert-OH is 1. The molecule has 2 aromatic rings. The van der Waals surface area contributed by atoms with Crippen LogP contribution in [0.1, 0.15) is 53.3 Å². The molecule has 114 valence electrons. The lowest BCUT2D eigenvalue weighted by Crippen LogP contribution is -2.10. The van der Waals surface area contributed by atoms with Gasteiger partial charge in [0.25, 0.3) is 0 Å². The maximum atomic E-state index is 10.8. The zero-order valence-corrected chi connectivity index (χ0v) is 13.4. The predicted octanol–water partition coefficient (Wildman–Crippen LogP) is 3.32. The standard InChI is InChI=1S/C16H22N2O2S/c1-3-8-18-15(12(20-2)10-17-18)16(19)14-9-11-6-4-5-7-13(11)21-14/h9-10,16,19H,3-8H2,1-2H3. The Hall–Kier alpha value is -1.33. The number of nitrogens with zero attached hydrogens (tertiary/aromatic N) is 2. The van der Waals surface area contributed by atoms with Crippen molar-refractivity contribution in [2.75, 3.05) is 7.11 Å². The fraction of sp³-hybridized carbons (Fsp3) is 0.562. The van der Waals surface area contributed by atoms with Crippen LogP contribution in [0, 0.1) is 0 Å². The van der Waals surface area contributed by atoms with Gasteiger partial charge < -0.3 is 9.84 Å². The Kier molecular flexibility index (Phi) is 4.31. The van der Waals surface area contributed by atoms with Crippen LogP contribution in [-0.4, -0.2) is 22.0 Å². The summed E-state index contributed by atoms with van der Waals surface area (Å²) in [5.41, 5.74) is 2.19. The van der Waals surface area contributed by atoms with E-state index >= 15 is 0 Å². The van der Waals surface area contributed by atoms with Gasteiger partial charge in [0, 0.05) is 16.3 Å². The zero-order valence-electron chi connectivity index (χ0n) is 12.6. The molecule has 0 aliphatic heterocycles. The molecule has 0 bridgehead atoms. The van der Waals surface area contributed by atoms with E-state index in [-0.39, 0.29) is 0 Å². The summed E-state index contributed by atoms with van der Waals surface area (Å²) in [7, 11) is 1.63. The third kappa shape index (κ3) is 2.72. The van der Waals surface area contributed by atoms with Crippen molar-refractivity contribution in [3.63, 3.8) is 0 Å². The molecule has 21 heavy (non-hydrogen) atoms. The highest BCUT2D eigenvalue weighted by Crippen LogP contribution is 2.37. The van der Waals surface area contributed by atoms with E-state index in [1.165, 1.54) is 23.3 Å². The Morgan fingerprint density at radius 2 is 2.24 bits per heavy atom. The number of aliphatic hydroxyl groups is 1. The van der Waals surface area contributed by atoms with Crippen LogP contribution >= 0.6 is 11.3 Å². The molecule has 1 unspecified atom stereocenters. The van der Waals surface area contributed by atoms with Crippen LogP contribution in [0.5, 0.6) is 5.75 Å². The number of ether oxygens (including phenoxy) is 1. The molecular weight excluding hydrogens is 284 g/mol. The van der Waals surface area contributed by atoms with Crippen molar-refractivity contribution >= 4 is 11.3 Å². The summed E-state index contributed by atoms with van der Waals surface area (Å²) in [5, 5.41) is 15.2. The Bertz CT molecular complexity index is 594. The molecule has 0 saturated carbocycles. The van der Waals surface area contributed by atoms with Gasteiger partial charge in [0.2, 0.25) is 0 Å². The lowest BCUT2D eigenvalue weighted by atomic mass is 9.99. The Morgan fingerprint density at radius 1 is 1.43 bits per heavy atom. The lowest BCUT2D eigenvalue weighted by molar-refractivity contribution is 0.205. The minimum Gasteiger partial charge on any atom is -0.493 e. The van der Waals surface area contributed by atoms with Crippen molar-refractivity contribution in [3.05, 3.63) is 33.3 Å². The van der Waals surface area contributed by atoms with E-state index in [2.05, 4.69) is 18.1 Å². The quantitative estimate of drug-likeness (QED) is 0.922. The van der Waals surface area contributed by atoms with Gasteiger partial charge in [-0.1, -0.05) is 6.92 Å². The molecule has 0 spiro atoms. The molecule has 0 saturated heterocycles. The van der Waals surface area contributed by atoms with Crippen LogP contribution in [0.3, 0.4) is 0 Å². The van der Waals surface area contributed by atoms with Crippen LogP contribution < -0.4 is 4.74 Å². The number of hydrogen-bond acceptors (Lipinski definition) is 4. The molecule has 1 atom stereocenters. The first-order valence-electron chi connectivity index (χ1n) is 7.63. The van der Waals surface area contributed by atoms with Crippen molar-refractivity contribution < 1.29 is 9.84 Å². The molecule has 5 heteroatoms. The monoisotopic (exact) mass is 306 g/mol. The predicted molar refractivity (Wildman–Crippen MR) is 84.1 cm³/mol. The number of aryl methyl sites for hydroxylation is 3. The highest BCUT2D eigenvalue weighted by Gasteiger charge is 2.25. The van der Waals surface area contributed by atoms with Crippen molar-refractivity contribution in [1.29, 1.82) is 0 Å². The summed E-state index contributed by atoms with van der Waals surface area (Å²) in [6.45, 7) is 2.90. The van der Waals surface area contributed by atoms with Crippen LogP contribution in [0.25, 0.3) is 0 Å². The van der Waals surface area contributed by atoms with E-state index in [0.717, 1.165) is 36.4 Å². The number of thiophene rings is 1. The first-order chi connectivity index (χ1) is 10.2. The molecule has 4 nitrogen and oxygen atoms in total. The molecular formula is C16H22N2O2S. The molecule has 1 aliphatic carbocycles. The molecule has 0 fully saturated rings. The van der Waals surface area contributed by atoms with Crippen LogP contribution in [-0.2, 0) is 19.4 Å². The zero-order chi connectivity index (χ0) is 14.8. The SMILES string of the molecule is CCCn1ncc(OC)c1C(O)c1cc2c(s1)CCCC2. The van der Waals surface area contributed by atoms with E-state index in [0.29, 0.717) is 5.75 Å². The average molecular weight is 306 g/mol. The molecule has 2 aromatic heterocycles. The van der Waals surface area contributed by atoms with Crippen molar-refractivity contribution in [1.82, 2.24) is 9.78 Å². The highest BCUT2D eigenvalue weighted by atomic mass is 32.1. The van der Waals surface area contributed by atoms with E-state index in [1.54, 1.807) is 24.6 Å². The third-order valence-corrected chi connectivity index (χ3v) is 5.33. The van der Waals surface area contributed by atoms with Gasteiger partial charge in [0.15, 0.2) is 5.75 Å². The van der Waals surface area contributed by atoms with Gasteiger partial charge in [-0.15, -0.1) is 11.3 Å². The van der Waals surface area contributed by atoms with Gasteiger partial charge in [-0.2, -0.15) is 5.10 Å². The third-order valence-electron chi connectivity index (χ3n) is 4.04. The first-order valence-corrected chi connectivity index (χ1v) is 8.45. The summed E-state index contributed by atoms with van der Waals surface area (Å²) in [6, 6.07) is 2.17. The second-order valence-electron chi connectivity index (χ2n) is 5.53. The van der Waals surface area contributed by atoms with Gasteiger partial charge in [-0.3, -0.25) is 4.68 Å². The van der Waals surface area contributed by atoms with E-state index < -0.39 is 6.10 Å². The minimum absolute atomic E-state index is 0.649. The molecule has 1 aliphatic rings. The summed E-state index contributed by atoms with van der Waals surface area (Å²) in [6.07, 6.45) is 6.84. The summed E-state index contributed by atoms with van der Waals surface area (Å²) < 4.78 is 7.24. The number of fused-ring (bicyclic) bond motifs is 1. The van der Waals surface area contributed by atoms with Gasteiger partial charge in [0.1, 0.15) is 11.8 Å². The fourth-order valence-electron chi connectivity index (χ4n) is 2.98. The van der Waals surface area contributed by atoms with E-state index in [4.69, 9.17) is 4.74 Å². The van der Waals surface area contributed by atoms with Gasteiger partial charge in [-0.05, 0) is 43.7 Å². The molecule has 3 rings (SSSR count). The summed E-state index contributed by atoms with van der Waals surface area (Å²) in [4.78, 5) is 2.45. The smallest absolute Gasteiger partial charge is 0.163 e. The van der Waals surface area contributed by atoms with Gasteiger partial charge in [-0.25, -0.2) is 0 Å². The molecule has 1 N–H and O–H groups in total. The van der Waals surface area contributed by atoms with E-state index in [1.807, 2.05) is 4.68 Å². The fourth-order valence-corrected chi connectivity index (χ4v) is 4.23. The molecule has 0 radical (unpaired) electrons. The van der Waals surface area contributed by atoms with Crippen LogP contribution in [0.15, 0.2) is 12.3 Å². The van der Waals surface area contributed by atoms with Crippen molar-refractivity contribution in [3.8, 4) is 5.75 Å². The second-order valence-corrected chi connectivity index (χ2v) is 6.70. The number of methoxy groups -OCH3 is 1. The van der Waals surface area contributed by atoms with E-state index in [9.17, 15) is 5.11 Å². The largest absolute Gasteiger partial charge is 0.493 e. The molecule has 0 aromatic carbocycles. The number of aromatic nitrogens is 2. The minimum atomic E-state index is -0.649. The Labute approximate surface area is 129 Å². The van der Waals surface area contributed by atoms with Crippen molar-refractivity contribution in [2.45, 2.75) is 51.7 Å². The lowest BCUT2D eigenvalue weighted by Gasteiger charge is -2.13. The average Bonchev–Trinajstić information content (AvgIpc) is 3.10. The highest BCUT2D eigenvalue weighted by molar-refractivity contribution is 7.12. The van der Waals surface area contributed by atoms with Crippen LogP contribution in [0.4, 0.5) is 0 Å². The Balaban J connectivity index is 1.95. The number of hydrogen-bond donors (Lipinski definition) is 1. The Morgan fingerprint density at radius 3 is 2.95 bits per heavy atom.